The second-order valence-corrected chi connectivity index (χ2v) is 9.16. The van der Waals surface area contributed by atoms with Gasteiger partial charge in [0.25, 0.3) is 0 Å². The highest BCUT2D eigenvalue weighted by atomic mass is 32.1. The number of morpholine rings is 1. The highest BCUT2D eigenvalue weighted by Gasteiger charge is 2.12. The van der Waals surface area contributed by atoms with Crippen LogP contribution in [0.15, 0.2) is 78.6 Å². The Morgan fingerprint density at radius 2 is 1.79 bits per heavy atom. The summed E-state index contributed by atoms with van der Waals surface area (Å²) in [6.07, 6.45) is 4.03. The minimum Gasteiger partial charge on any atom is -0.379 e. The molecule has 7 nitrogen and oxygen atoms in total. The standard InChI is InChI=1S/C26H24N6OS/c1-3-19(17-31-9-11-33-12-10-31)13-20(4-1)21-7-8-32-24(16-27-25(32)15-21)22-5-2-6-23(14-22)29-26-30-28-18-34-26/h1-8,13-16,18H,9-12,17H2,(H,29,30). The number of hydrogen-bond acceptors (Lipinski definition) is 7. The Kier molecular flexibility index (Phi) is 5.76. The molecule has 0 aliphatic carbocycles. The van der Waals surface area contributed by atoms with Crippen LogP contribution in [-0.4, -0.2) is 50.8 Å². The second kappa shape index (κ2) is 9.34. The summed E-state index contributed by atoms with van der Waals surface area (Å²) >= 11 is 1.47. The van der Waals surface area contributed by atoms with Crippen LogP contribution >= 0.6 is 11.3 Å². The average Bonchev–Trinajstić information content (AvgIpc) is 3.54. The number of nitrogens with one attached hydrogen (secondary N) is 1. The molecule has 1 N–H and O–H groups in total. The Morgan fingerprint density at radius 1 is 0.941 bits per heavy atom. The smallest absolute Gasteiger partial charge is 0.209 e. The third kappa shape index (κ3) is 4.43. The molecule has 0 amide bonds. The quantitative estimate of drug-likeness (QED) is 0.374. The van der Waals surface area contributed by atoms with Crippen LogP contribution in [0.25, 0.3) is 28.0 Å². The maximum absolute atomic E-state index is 5.48. The molecule has 8 heteroatoms. The molecule has 3 aromatic heterocycles. The molecule has 0 unspecified atom stereocenters. The van der Waals surface area contributed by atoms with Gasteiger partial charge < -0.3 is 10.1 Å². The van der Waals surface area contributed by atoms with Crippen LogP contribution in [0, 0.1) is 0 Å². The van der Waals surface area contributed by atoms with Crippen LogP contribution < -0.4 is 5.32 Å². The van der Waals surface area contributed by atoms with E-state index in [1.54, 1.807) is 5.51 Å². The summed E-state index contributed by atoms with van der Waals surface area (Å²) in [6.45, 7) is 4.57. The lowest BCUT2D eigenvalue weighted by molar-refractivity contribution is 0.0342. The van der Waals surface area contributed by atoms with Gasteiger partial charge in [-0.05, 0) is 47.0 Å². The SMILES string of the molecule is c1cc(CN2CCOCC2)cc(-c2ccn3c(-c4cccc(Nc5nncs5)c4)cnc3c2)c1. The fourth-order valence-electron chi connectivity index (χ4n) is 4.35. The number of rotatable bonds is 6. The Hall–Kier alpha value is -3.59. The van der Waals surface area contributed by atoms with Gasteiger partial charge in [0.1, 0.15) is 11.2 Å². The predicted octanol–water partition coefficient (Wildman–Crippen LogP) is 5.10. The molecule has 1 saturated heterocycles. The number of hydrogen-bond donors (Lipinski definition) is 1. The number of nitrogens with zero attached hydrogens (tertiary/aromatic N) is 5. The molecule has 1 aliphatic rings. The number of benzene rings is 2. The summed E-state index contributed by atoms with van der Waals surface area (Å²) in [5, 5.41) is 12.0. The Morgan fingerprint density at radius 3 is 2.68 bits per heavy atom. The van der Waals surface area contributed by atoms with Crippen LogP contribution in [0.1, 0.15) is 5.56 Å². The van der Waals surface area contributed by atoms with Gasteiger partial charge in [-0.3, -0.25) is 9.30 Å². The average molecular weight is 469 g/mol. The summed E-state index contributed by atoms with van der Waals surface area (Å²) in [4.78, 5) is 7.15. The molecule has 1 aliphatic heterocycles. The van der Waals surface area contributed by atoms with E-state index < -0.39 is 0 Å². The predicted molar refractivity (Wildman–Crippen MR) is 135 cm³/mol. The number of ether oxygens (including phenoxy) is 1. The summed E-state index contributed by atoms with van der Waals surface area (Å²) in [5.74, 6) is 0. The molecule has 1 fully saturated rings. The van der Waals surface area contributed by atoms with E-state index in [1.165, 1.54) is 28.0 Å². The van der Waals surface area contributed by atoms with Crippen molar-refractivity contribution in [2.24, 2.45) is 0 Å². The Labute approximate surface area is 201 Å². The first-order chi connectivity index (χ1) is 16.8. The summed E-state index contributed by atoms with van der Waals surface area (Å²) in [6, 6.07) is 21.4. The van der Waals surface area contributed by atoms with Crippen molar-refractivity contribution in [2.75, 3.05) is 31.6 Å². The van der Waals surface area contributed by atoms with Gasteiger partial charge in [-0.15, -0.1) is 10.2 Å². The molecule has 170 valence electrons. The third-order valence-electron chi connectivity index (χ3n) is 6.05. The maximum Gasteiger partial charge on any atom is 0.209 e. The minimum absolute atomic E-state index is 0.774. The van der Waals surface area contributed by atoms with E-state index in [0.29, 0.717) is 0 Å². The van der Waals surface area contributed by atoms with Crippen molar-refractivity contribution >= 4 is 27.8 Å². The Balaban J connectivity index is 1.26. The lowest BCUT2D eigenvalue weighted by Gasteiger charge is -2.26. The summed E-state index contributed by atoms with van der Waals surface area (Å²) < 4.78 is 7.61. The molecular formula is C26H24N6OS. The molecule has 2 aromatic carbocycles. The van der Waals surface area contributed by atoms with Crippen molar-refractivity contribution in [3.8, 4) is 22.4 Å². The van der Waals surface area contributed by atoms with E-state index in [9.17, 15) is 0 Å². The van der Waals surface area contributed by atoms with E-state index >= 15 is 0 Å². The van der Waals surface area contributed by atoms with Gasteiger partial charge >= 0.3 is 0 Å². The van der Waals surface area contributed by atoms with Gasteiger partial charge in [-0.1, -0.05) is 41.7 Å². The van der Waals surface area contributed by atoms with Gasteiger partial charge in [-0.2, -0.15) is 0 Å². The van der Waals surface area contributed by atoms with Crippen LogP contribution in [0.4, 0.5) is 10.8 Å². The highest BCUT2D eigenvalue weighted by molar-refractivity contribution is 7.13. The molecule has 0 saturated carbocycles. The number of aromatic nitrogens is 4. The van der Waals surface area contributed by atoms with Gasteiger partial charge in [0.15, 0.2) is 0 Å². The third-order valence-corrected chi connectivity index (χ3v) is 6.66. The van der Waals surface area contributed by atoms with Crippen molar-refractivity contribution in [3.05, 3.63) is 84.1 Å². The number of anilines is 2. The molecule has 4 heterocycles. The van der Waals surface area contributed by atoms with Gasteiger partial charge in [0.2, 0.25) is 5.13 Å². The van der Waals surface area contributed by atoms with Crippen LogP contribution in [0.2, 0.25) is 0 Å². The van der Waals surface area contributed by atoms with Gasteiger partial charge in [0, 0.05) is 37.1 Å². The fourth-order valence-corrected chi connectivity index (χ4v) is 4.81. The van der Waals surface area contributed by atoms with Crippen molar-refractivity contribution in [3.63, 3.8) is 0 Å². The molecule has 0 spiro atoms. The Bertz CT molecular complexity index is 1410. The zero-order chi connectivity index (χ0) is 22.7. The normalized spacial score (nSPS) is 14.5. The molecular weight excluding hydrogens is 444 g/mol. The summed E-state index contributed by atoms with van der Waals surface area (Å²) in [5.41, 5.74) is 9.44. The minimum atomic E-state index is 0.774. The lowest BCUT2D eigenvalue weighted by atomic mass is 10.0. The van der Waals surface area contributed by atoms with Crippen molar-refractivity contribution in [1.82, 2.24) is 24.5 Å². The zero-order valence-electron chi connectivity index (χ0n) is 18.6. The number of imidazole rings is 1. The number of pyridine rings is 1. The van der Waals surface area contributed by atoms with Gasteiger partial charge in [-0.25, -0.2) is 4.98 Å². The van der Waals surface area contributed by atoms with Gasteiger partial charge in [0.05, 0.1) is 25.1 Å². The molecule has 6 rings (SSSR count). The monoisotopic (exact) mass is 468 g/mol. The largest absolute Gasteiger partial charge is 0.379 e. The van der Waals surface area contributed by atoms with Crippen molar-refractivity contribution in [1.29, 1.82) is 0 Å². The van der Waals surface area contributed by atoms with Crippen LogP contribution in [0.5, 0.6) is 0 Å². The van der Waals surface area contributed by atoms with E-state index in [0.717, 1.165) is 60.6 Å². The molecule has 34 heavy (non-hydrogen) atoms. The number of fused-ring (bicyclic) bond motifs is 1. The molecule has 0 atom stereocenters. The topological polar surface area (TPSA) is 67.6 Å². The maximum atomic E-state index is 5.48. The lowest BCUT2D eigenvalue weighted by Crippen LogP contribution is -2.35. The van der Waals surface area contributed by atoms with E-state index in [2.05, 4.69) is 79.5 Å². The summed E-state index contributed by atoms with van der Waals surface area (Å²) in [7, 11) is 0. The highest BCUT2D eigenvalue weighted by Crippen LogP contribution is 2.28. The fraction of sp³-hybridized carbons (Fsp3) is 0.192. The zero-order valence-corrected chi connectivity index (χ0v) is 19.4. The van der Waals surface area contributed by atoms with E-state index in [1.807, 2.05) is 18.3 Å². The van der Waals surface area contributed by atoms with Crippen molar-refractivity contribution < 1.29 is 4.74 Å². The van der Waals surface area contributed by atoms with Crippen molar-refractivity contribution in [2.45, 2.75) is 6.54 Å². The van der Waals surface area contributed by atoms with E-state index in [-0.39, 0.29) is 0 Å². The first kappa shape index (κ1) is 21.0. The second-order valence-electron chi connectivity index (χ2n) is 8.33. The van der Waals surface area contributed by atoms with Crippen LogP contribution in [-0.2, 0) is 11.3 Å². The molecule has 0 radical (unpaired) electrons. The first-order valence-electron chi connectivity index (χ1n) is 11.3. The van der Waals surface area contributed by atoms with E-state index in [4.69, 9.17) is 9.72 Å². The van der Waals surface area contributed by atoms with Crippen LogP contribution in [0.3, 0.4) is 0 Å². The molecule has 0 bridgehead atoms. The first-order valence-corrected chi connectivity index (χ1v) is 12.2. The molecule has 5 aromatic rings.